The lowest BCUT2D eigenvalue weighted by atomic mass is 9.49. The number of likely N-dealkylation sites (tertiary alicyclic amines) is 1. The molecule has 1 saturated heterocycles. The van der Waals surface area contributed by atoms with Crippen LogP contribution in [0.4, 0.5) is 0 Å². The van der Waals surface area contributed by atoms with Crippen LogP contribution < -0.4 is 14.8 Å². The van der Waals surface area contributed by atoms with E-state index in [1.807, 2.05) is 23.1 Å². The van der Waals surface area contributed by atoms with E-state index in [1.165, 1.54) is 19.3 Å². The summed E-state index contributed by atoms with van der Waals surface area (Å²) in [6.45, 7) is 0.829. The van der Waals surface area contributed by atoms with Crippen LogP contribution in [0.1, 0.15) is 63.0 Å². The number of nitrogens with zero attached hydrogens (tertiary/aromatic N) is 1. The van der Waals surface area contributed by atoms with Crippen LogP contribution in [0.2, 0.25) is 0 Å². The fourth-order valence-corrected chi connectivity index (χ4v) is 7.31. The average Bonchev–Trinajstić information content (AvgIpc) is 3.26. The number of methoxy groups -OCH3 is 2. The predicted molar refractivity (Wildman–Crippen MR) is 117 cm³/mol. The topological polar surface area (TPSA) is 67.9 Å². The van der Waals surface area contributed by atoms with Crippen molar-refractivity contribution in [2.45, 2.75) is 57.4 Å². The molecule has 0 radical (unpaired) electrons. The molecule has 4 aliphatic carbocycles. The predicted octanol–water partition coefficient (Wildman–Crippen LogP) is 3.70. The maximum atomic E-state index is 13.2. The molecule has 4 bridgehead atoms. The van der Waals surface area contributed by atoms with Gasteiger partial charge in [-0.25, -0.2) is 0 Å². The number of rotatable bonds is 6. The number of carbonyl (C=O) groups excluding carboxylic acids is 2. The molecule has 4 saturated carbocycles. The molecule has 0 spiro atoms. The summed E-state index contributed by atoms with van der Waals surface area (Å²) in [5.41, 5.74) is 0.846. The van der Waals surface area contributed by atoms with Crippen molar-refractivity contribution in [3.63, 3.8) is 0 Å². The number of hydrogen-bond donors (Lipinski definition) is 1. The molecule has 168 valence electrons. The third-order valence-electron chi connectivity index (χ3n) is 8.29. The molecule has 1 atom stereocenters. The molecule has 1 aromatic carbocycles. The number of amides is 2. The van der Waals surface area contributed by atoms with Crippen molar-refractivity contribution in [2.75, 3.05) is 27.3 Å². The maximum Gasteiger partial charge on any atom is 0.242 e. The second kappa shape index (κ2) is 8.03. The van der Waals surface area contributed by atoms with Crippen LogP contribution in [-0.4, -0.2) is 44.0 Å². The minimum Gasteiger partial charge on any atom is -0.493 e. The van der Waals surface area contributed by atoms with Gasteiger partial charge in [0.05, 0.1) is 26.8 Å². The molecule has 5 fully saturated rings. The summed E-state index contributed by atoms with van der Waals surface area (Å²) in [5.74, 6) is 3.67. The Morgan fingerprint density at radius 2 is 1.68 bits per heavy atom. The molecule has 1 N–H and O–H groups in total. The summed E-state index contributed by atoms with van der Waals surface area (Å²) in [4.78, 5) is 28.2. The molecule has 1 heterocycles. The van der Waals surface area contributed by atoms with Gasteiger partial charge < -0.3 is 19.7 Å². The van der Waals surface area contributed by atoms with Gasteiger partial charge in [0.2, 0.25) is 11.8 Å². The van der Waals surface area contributed by atoms with E-state index in [-0.39, 0.29) is 29.8 Å². The molecule has 1 aliphatic heterocycles. The first-order chi connectivity index (χ1) is 15.0. The third-order valence-corrected chi connectivity index (χ3v) is 8.29. The smallest absolute Gasteiger partial charge is 0.242 e. The fourth-order valence-electron chi connectivity index (χ4n) is 7.31. The van der Waals surface area contributed by atoms with Crippen molar-refractivity contribution in [1.29, 1.82) is 0 Å². The van der Waals surface area contributed by atoms with Crippen LogP contribution in [0.25, 0.3) is 0 Å². The van der Waals surface area contributed by atoms with Crippen molar-refractivity contribution in [3.8, 4) is 11.5 Å². The van der Waals surface area contributed by atoms with Crippen LogP contribution >= 0.6 is 0 Å². The highest BCUT2D eigenvalue weighted by Crippen LogP contribution is 2.60. The van der Waals surface area contributed by atoms with Gasteiger partial charge >= 0.3 is 0 Å². The van der Waals surface area contributed by atoms with E-state index in [4.69, 9.17) is 9.47 Å². The van der Waals surface area contributed by atoms with E-state index in [0.29, 0.717) is 11.5 Å². The number of nitrogens with one attached hydrogen (secondary N) is 1. The van der Waals surface area contributed by atoms with Crippen LogP contribution in [-0.2, 0) is 9.59 Å². The van der Waals surface area contributed by atoms with Gasteiger partial charge in [0.15, 0.2) is 11.5 Å². The van der Waals surface area contributed by atoms with E-state index in [0.717, 1.165) is 62.0 Å². The molecular formula is C25H34N2O4. The van der Waals surface area contributed by atoms with Gasteiger partial charge in [-0.2, -0.15) is 0 Å². The Morgan fingerprint density at radius 3 is 2.29 bits per heavy atom. The fraction of sp³-hybridized carbons (Fsp3) is 0.680. The van der Waals surface area contributed by atoms with Gasteiger partial charge in [-0.1, -0.05) is 6.07 Å². The Balaban J connectivity index is 1.24. The minimum atomic E-state index is -0.206. The molecule has 5 aliphatic rings. The first-order valence-electron chi connectivity index (χ1n) is 11.8. The van der Waals surface area contributed by atoms with E-state index < -0.39 is 0 Å². The van der Waals surface area contributed by atoms with E-state index in [2.05, 4.69) is 5.32 Å². The Bertz CT molecular complexity index is 832. The third kappa shape index (κ3) is 3.68. The first-order valence-corrected chi connectivity index (χ1v) is 11.8. The zero-order chi connectivity index (χ0) is 21.6. The van der Waals surface area contributed by atoms with Gasteiger partial charge in [-0.15, -0.1) is 0 Å². The molecular weight excluding hydrogens is 392 g/mol. The zero-order valence-electron chi connectivity index (χ0n) is 18.7. The zero-order valence-corrected chi connectivity index (χ0v) is 18.7. The molecule has 6 nitrogen and oxygen atoms in total. The lowest BCUT2D eigenvalue weighted by Crippen LogP contribution is -2.54. The summed E-state index contributed by atoms with van der Waals surface area (Å²) in [6, 6.07) is 5.88. The highest BCUT2D eigenvalue weighted by molar-refractivity contribution is 5.88. The van der Waals surface area contributed by atoms with Gasteiger partial charge in [-0.3, -0.25) is 9.59 Å². The van der Waals surface area contributed by atoms with E-state index in [9.17, 15) is 9.59 Å². The van der Waals surface area contributed by atoms with E-state index >= 15 is 0 Å². The summed E-state index contributed by atoms with van der Waals surface area (Å²) in [5, 5.41) is 3.05. The lowest BCUT2D eigenvalue weighted by Gasteiger charge is -2.55. The second-order valence-corrected chi connectivity index (χ2v) is 10.2. The Morgan fingerprint density at radius 1 is 1.03 bits per heavy atom. The molecule has 1 unspecified atom stereocenters. The Labute approximate surface area is 184 Å². The van der Waals surface area contributed by atoms with Crippen LogP contribution in [0.3, 0.4) is 0 Å². The second-order valence-electron chi connectivity index (χ2n) is 10.2. The average molecular weight is 427 g/mol. The standard InChI is InChI=1S/C25H34N2O4/c1-30-21-6-5-19(11-22(21)31-2)20-4-3-7-27(20)23(28)15-26-24(29)25-12-16-8-17(13-25)10-18(9-16)14-25/h5-6,11,16-18,20H,3-4,7-10,12-15H2,1-2H3,(H,26,29). The van der Waals surface area contributed by atoms with Crippen molar-refractivity contribution < 1.29 is 19.1 Å². The molecule has 31 heavy (non-hydrogen) atoms. The quantitative estimate of drug-likeness (QED) is 0.753. The maximum absolute atomic E-state index is 13.2. The SMILES string of the molecule is COc1ccc(C2CCCN2C(=O)CNC(=O)C23CC4CC(CC(C4)C2)C3)cc1OC. The summed E-state index contributed by atoms with van der Waals surface area (Å²) < 4.78 is 10.8. The highest BCUT2D eigenvalue weighted by Gasteiger charge is 2.54. The summed E-state index contributed by atoms with van der Waals surface area (Å²) >= 11 is 0. The highest BCUT2D eigenvalue weighted by atomic mass is 16.5. The Kier molecular flexibility index (Phi) is 5.35. The van der Waals surface area contributed by atoms with Crippen molar-refractivity contribution in [1.82, 2.24) is 10.2 Å². The van der Waals surface area contributed by atoms with Crippen molar-refractivity contribution >= 4 is 11.8 Å². The van der Waals surface area contributed by atoms with Gasteiger partial charge in [0, 0.05) is 12.0 Å². The van der Waals surface area contributed by atoms with Crippen molar-refractivity contribution in [2.24, 2.45) is 23.2 Å². The van der Waals surface area contributed by atoms with Crippen molar-refractivity contribution in [3.05, 3.63) is 23.8 Å². The van der Waals surface area contributed by atoms with Gasteiger partial charge in [0.1, 0.15) is 0 Å². The molecule has 1 aromatic rings. The molecule has 6 rings (SSSR count). The number of benzene rings is 1. The normalized spacial score (nSPS) is 33.4. The monoisotopic (exact) mass is 426 g/mol. The Hall–Kier alpha value is -2.24. The van der Waals surface area contributed by atoms with Gasteiger partial charge in [0.25, 0.3) is 0 Å². The van der Waals surface area contributed by atoms with E-state index in [1.54, 1.807) is 14.2 Å². The number of carbonyl (C=O) groups is 2. The largest absolute Gasteiger partial charge is 0.493 e. The first kappa shape index (κ1) is 20.7. The summed E-state index contributed by atoms with van der Waals surface area (Å²) in [7, 11) is 3.24. The van der Waals surface area contributed by atoms with Gasteiger partial charge in [-0.05, 0) is 86.8 Å². The summed E-state index contributed by atoms with van der Waals surface area (Å²) in [6.07, 6.45) is 8.90. The van der Waals surface area contributed by atoms with Crippen LogP contribution in [0, 0.1) is 23.2 Å². The van der Waals surface area contributed by atoms with Crippen LogP contribution in [0.5, 0.6) is 11.5 Å². The molecule has 6 heteroatoms. The number of ether oxygens (including phenoxy) is 2. The lowest BCUT2D eigenvalue weighted by molar-refractivity contribution is -0.148. The van der Waals surface area contributed by atoms with Crippen LogP contribution in [0.15, 0.2) is 18.2 Å². The number of hydrogen-bond acceptors (Lipinski definition) is 4. The molecule has 2 amide bonds. The molecule has 0 aromatic heterocycles. The minimum absolute atomic E-state index is 0.00960.